The van der Waals surface area contributed by atoms with E-state index >= 15 is 0 Å². The molecule has 0 atom stereocenters. The summed E-state index contributed by atoms with van der Waals surface area (Å²) in [6.45, 7) is 3.97. The van der Waals surface area contributed by atoms with E-state index in [0.717, 1.165) is 4.47 Å². The molecule has 1 aromatic carbocycles. The van der Waals surface area contributed by atoms with Gasteiger partial charge in [-0.05, 0) is 41.9 Å². The Labute approximate surface area is 119 Å². The molecule has 17 heavy (non-hydrogen) atoms. The highest BCUT2D eigenvalue weighted by Gasteiger charge is 2.09. The lowest BCUT2D eigenvalue weighted by Gasteiger charge is -2.12. The van der Waals surface area contributed by atoms with Gasteiger partial charge in [0.15, 0.2) is 0 Å². The molecule has 1 aromatic rings. The van der Waals surface area contributed by atoms with Crippen molar-refractivity contribution >= 4 is 50.7 Å². The van der Waals surface area contributed by atoms with E-state index in [0.29, 0.717) is 15.7 Å². The Balaban J connectivity index is 2.64. The number of carbonyl (C=O) groups is 1. The standard InChI is InChI=1S/C11H13BrCl2N2O/c1-6(2)16-9(17)5-15-8-4-3-7(12)10(13)11(8)14/h3-4,6,15H,5H2,1-2H3,(H,16,17). The van der Waals surface area contributed by atoms with E-state index < -0.39 is 0 Å². The first-order chi connectivity index (χ1) is 7.91. The maximum atomic E-state index is 11.4. The first-order valence-electron chi connectivity index (χ1n) is 5.08. The topological polar surface area (TPSA) is 41.1 Å². The van der Waals surface area contributed by atoms with Gasteiger partial charge in [0, 0.05) is 10.5 Å². The Morgan fingerprint density at radius 3 is 2.59 bits per heavy atom. The summed E-state index contributed by atoms with van der Waals surface area (Å²) in [5.74, 6) is -0.0879. The molecule has 3 nitrogen and oxygen atoms in total. The lowest BCUT2D eigenvalue weighted by molar-refractivity contribution is -0.119. The number of halogens is 3. The first kappa shape index (κ1) is 14.6. The molecule has 2 N–H and O–H groups in total. The number of rotatable bonds is 4. The highest BCUT2D eigenvalue weighted by molar-refractivity contribution is 9.10. The Morgan fingerprint density at radius 1 is 1.35 bits per heavy atom. The molecule has 0 aliphatic carbocycles. The Morgan fingerprint density at radius 2 is 2.00 bits per heavy atom. The molecule has 0 bridgehead atoms. The molecule has 0 aromatic heterocycles. The smallest absolute Gasteiger partial charge is 0.239 e. The molecule has 0 unspecified atom stereocenters. The number of anilines is 1. The van der Waals surface area contributed by atoms with Gasteiger partial charge < -0.3 is 10.6 Å². The van der Waals surface area contributed by atoms with Crippen molar-refractivity contribution in [2.75, 3.05) is 11.9 Å². The average Bonchev–Trinajstić information content (AvgIpc) is 2.24. The summed E-state index contributed by atoms with van der Waals surface area (Å²) in [4.78, 5) is 11.4. The van der Waals surface area contributed by atoms with Crippen LogP contribution in [-0.4, -0.2) is 18.5 Å². The summed E-state index contributed by atoms with van der Waals surface area (Å²) >= 11 is 15.3. The molecule has 0 fully saturated rings. The van der Waals surface area contributed by atoms with E-state index in [4.69, 9.17) is 23.2 Å². The van der Waals surface area contributed by atoms with E-state index in [1.54, 1.807) is 12.1 Å². The zero-order valence-corrected chi connectivity index (χ0v) is 12.6. The van der Waals surface area contributed by atoms with Crippen molar-refractivity contribution in [2.24, 2.45) is 0 Å². The maximum absolute atomic E-state index is 11.4. The van der Waals surface area contributed by atoms with Crippen LogP contribution >= 0.6 is 39.1 Å². The maximum Gasteiger partial charge on any atom is 0.239 e. The molecule has 1 amide bonds. The van der Waals surface area contributed by atoms with Gasteiger partial charge in [-0.25, -0.2) is 0 Å². The van der Waals surface area contributed by atoms with Crippen molar-refractivity contribution in [1.29, 1.82) is 0 Å². The highest BCUT2D eigenvalue weighted by atomic mass is 79.9. The Bertz CT molecular complexity index is 424. The normalized spacial score (nSPS) is 10.5. The third-order valence-electron chi connectivity index (χ3n) is 1.92. The summed E-state index contributed by atoms with van der Waals surface area (Å²) in [5.41, 5.74) is 0.638. The van der Waals surface area contributed by atoms with Crippen LogP contribution in [0.25, 0.3) is 0 Å². The molecule has 6 heteroatoms. The molecule has 0 heterocycles. The van der Waals surface area contributed by atoms with Crippen LogP contribution < -0.4 is 10.6 Å². The molecule has 0 radical (unpaired) electrons. The van der Waals surface area contributed by atoms with Crippen molar-refractivity contribution in [3.63, 3.8) is 0 Å². The molecule has 0 spiro atoms. The predicted molar refractivity (Wildman–Crippen MR) is 75.9 cm³/mol. The second kappa shape index (κ2) is 6.47. The second-order valence-corrected chi connectivity index (χ2v) is 5.41. The fourth-order valence-corrected chi connectivity index (χ4v) is 2.05. The van der Waals surface area contributed by atoms with Crippen LogP contribution in [0.5, 0.6) is 0 Å². The van der Waals surface area contributed by atoms with Gasteiger partial charge in [0.05, 0.1) is 22.3 Å². The summed E-state index contributed by atoms with van der Waals surface area (Å²) in [7, 11) is 0. The van der Waals surface area contributed by atoms with E-state index in [2.05, 4.69) is 26.6 Å². The third-order valence-corrected chi connectivity index (χ3v) is 3.70. The van der Waals surface area contributed by atoms with Crippen LogP contribution in [-0.2, 0) is 4.79 Å². The minimum Gasteiger partial charge on any atom is -0.375 e. The van der Waals surface area contributed by atoms with Crippen molar-refractivity contribution in [3.8, 4) is 0 Å². The molecular formula is C11H13BrCl2N2O. The summed E-state index contributed by atoms with van der Waals surface area (Å²) in [6, 6.07) is 3.66. The zero-order valence-electron chi connectivity index (χ0n) is 9.48. The minimum absolute atomic E-state index is 0.0879. The average molecular weight is 340 g/mol. The van der Waals surface area contributed by atoms with Crippen LogP contribution in [0.3, 0.4) is 0 Å². The van der Waals surface area contributed by atoms with E-state index in [1.165, 1.54) is 0 Å². The molecule has 1 rings (SSSR count). The van der Waals surface area contributed by atoms with Gasteiger partial charge in [-0.15, -0.1) is 0 Å². The van der Waals surface area contributed by atoms with Crippen LogP contribution in [0.1, 0.15) is 13.8 Å². The Kier molecular flexibility index (Phi) is 5.56. The van der Waals surface area contributed by atoms with Gasteiger partial charge in [-0.1, -0.05) is 23.2 Å². The van der Waals surface area contributed by atoms with E-state index in [-0.39, 0.29) is 18.5 Å². The Hall–Kier alpha value is -0.450. The lowest BCUT2D eigenvalue weighted by Crippen LogP contribution is -2.34. The SMILES string of the molecule is CC(C)NC(=O)CNc1ccc(Br)c(Cl)c1Cl. The van der Waals surface area contributed by atoms with Gasteiger partial charge in [0.1, 0.15) is 0 Å². The number of hydrogen-bond acceptors (Lipinski definition) is 2. The monoisotopic (exact) mass is 338 g/mol. The highest BCUT2D eigenvalue weighted by Crippen LogP contribution is 2.35. The van der Waals surface area contributed by atoms with Crippen molar-refractivity contribution < 1.29 is 4.79 Å². The van der Waals surface area contributed by atoms with Crippen LogP contribution in [0, 0.1) is 0 Å². The van der Waals surface area contributed by atoms with Crippen molar-refractivity contribution in [1.82, 2.24) is 5.32 Å². The van der Waals surface area contributed by atoms with Gasteiger partial charge in [-0.3, -0.25) is 4.79 Å². The summed E-state index contributed by atoms with van der Waals surface area (Å²) in [6.07, 6.45) is 0. The minimum atomic E-state index is -0.0879. The van der Waals surface area contributed by atoms with Gasteiger partial charge in [0.25, 0.3) is 0 Å². The summed E-state index contributed by atoms with van der Waals surface area (Å²) in [5, 5.41) is 6.54. The molecule has 0 aliphatic heterocycles. The van der Waals surface area contributed by atoms with Crippen LogP contribution in [0.15, 0.2) is 16.6 Å². The van der Waals surface area contributed by atoms with Gasteiger partial charge in [0.2, 0.25) is 5.91 Å². The number of benzene rings is 1. The predicted octanol–water partition coefficient (Wildman–Crippen LogP) is 3.69. The molecular weight excluding hydrogens is 327 g/mol. The van der Waals surface area contributed by atoms with Crippen molar-refractivity contribution in [3.05, 3.63) is 26.7 Å². The fourth-order valence-electron chi connectivity index (χ4n) is 1.21. The second-order valence-electron chi connectivity index (χ2n) is 3.80. The fraction of sp³-hybridized carbons (Fsp3) is 0.364. The zero-order chi connectivity index (χ0) is 13.0. The molecule has 0 saturated carbocycles. The van der Waals surface area contributed by atoms with Crippen molar-refractivity contribution in [2.45, 2.75) is 19.9 Å². The number of hydrogen-bond donors (Lipinski definition) is 2. The molecule has 0 aliphatic rings. The van der Waals surface area contributed by atoms with E-state index in [9.17, 15) is 4.79 Å². The number of nitrogens with one attached hydrogen (secondary N) is 2. The quantitative estimate of drug-likeness (QED) is 0.821. The number of carbonyl (C=O) groups excluding carboxylic acids is 1. The van der Waals surface area contributed by atoms with Crippen LogP contribution in [0.4, 0.5) is 5.69 Å². The first-order valence-corrected chi connectivity index (χ1v) is 6.63. The van der Waals surface area contributed by atoms with Gasteiger partial charge in [-0.2, -0.15) is 0 Å². The number of amides is 1. The summed E-state index contributed by atoms with van der Waals surface area (Å²) < 4.78 is 0.723. The van der Waals surface area contributed by atoms with Crippen LogP contribution in [0.2, 0.25) is 10.0 Å². The van der Waals surface area contributed by atoms with E-state index in [1.807, 2.05) is 13.8 Å². The third kappa shape index (κ3) is 4.37. The molecule has 0 saturated heterocycles. The molecule has 94 valence electrons. The largest absolute Gasteiger partial charge is 0.375 e. The lowest BCUT2D eigenvalue weighted by atomic mass is 10.3. The van der Waals surface area contributed by atoms with Gasteiger partial charge >= 0.3 is 0 Å².